The van der Waals surface area contributed by atoms with E-state index < -0.39 is 0 Å². The Morgan fingerprint density at radius 1 is 1.47 bits per heavy atom. The van der Waals surface area contributed by atoms with Crippen LogP contribution in [0.1, 0.15) is 24.5 Å². The number of carbonyl (C=O) groups is 1. The van der Waals surface area contributed by atoms with E-state index >= 15 is 0 Å². The van der Waals surface area contributed by atoms with Crippen molar-refractivity contribution in [2.45, 2.75) is 20.3 Å². The molecule has 0 spiro atoms. The van der Waals surface area contributed by atoms with Crippen molar-refractivity contribution in [3.8, 4) is 5.75 Å². The van der Waals surface area contributed by atoms with Crippen LogP contribution in [0.4, 0.5) is 0 Å². The zero-order valence-electron chi connectivity index (χ0n) is 10.2. The molecule has 3 nitrogen and oxygen atoms in total. The van der Waals surface area contributed by atoms with Gasteiger partial charge in [0.25, 0.3) is 0 Å². The number of fused-ring (bicyclic) bond motifs is 1. The summed E-state index contributed by atoms with van der Waals surface area (Å²) in [5, 5.41) is 0. The largest absolute Gasteiger partial charge is 0.492 e. The maximum Gasteiger partial charge on any atom is 0.334 e. The molecular formula is C14H16O3. The lowest BCUT2D eigenvalue weighted by Crippen LogP contribution is -2.09. The van der Waals surface area contributed by atoms with Gasteiger partial charge in [-0.15, -0.1) is 0 Å². The van der Waals surface area contributed by atoms with Gasteiger partial charge >= 0.3 is 5.97 Å². The van der Waals surface area contributed by atoms with Crippen LogP contribution in [0, 0.1) is 6.92 Å². The van der Waals surface area contributed by atoms with Crippen molar-refractivity contribution < 1.29 is 14.3 Å². The highest BCUT2D eigenvalue weighted by Gasteiger charge is 2.16. The Hall–Kier alpha value is -1.77. The van der Waals surface area contributed by atoms with Crippen LogP contribution in [0.25, 0.3) is 6.08 Å². The number of esters is 1. The van der Waals surface area contributed by atoms with E-state index in [4.69, 9.17) is 9.47 Å². The van der Waals surface area contributed by atoms with Crippen molar-refractivity contribution in [2.75, 3.05) is 13.2 Å². The molecule has 0 atom stereocenters. The minimum atomic E-state index is -0.245. The zero-order chi connectivity index (χ0) is 12.3. The molecule has 0 aliphatic carbocycles. The molecule has 0 unspecified atom stereocenters. The van der Waals surface area contributed by atoms with E-state index in [1.807, 2.05) is 38.1 Å². The highest BCUT2D eigenvalue weighted by molar-refractivity contribution is 5.94. The molecule has 1 aromatic carbocycles. The monoisotopic (exact) mass is 232 g/mol. The Bertz CT molecular complexity index is 461. The van der Waals surface area contributed by atoms with Gasteiger partial charge in [-0.2, -0.15) is 0 Å². The smallest absolute Gasteiger partial charge is 0.334 e. The van der Waals surface area contributed by atoms with Crippen molar-refractivity contribution in [3.63, 3.8) is 0 Å². The molecule has 3 heteroatoms. The standard InChI is InChI=1S/C14H16O3/c1-3-16-14(15)12-7-8-17-13-10(2)5-4-6-11(13)9-12/h4-6,9H,3,7-8H2,1-2H3. The molecule has 1 aromatic rings. The first-order chi connectivity index (χ1) is 8.22. The van der Waals surface area contributed by atoms with Gasteiger partial charge in [-0.3, -0.25) is 0 Å². The van der Waals surface area contributed by atoms with Crippen LogP contribution in [0.3, 0.4) is 0 Å². The third-order valence-corrected chi connectivity index (χ3v) is 2.73. The number of para-hydroxylation sites is 1. The summed E-state index contributed by atoms with van der Waals surface area (Å²) in [5.74, 6) is 0.622. The number of carbonyl (C=O) groups excluding carboxylic acids is 1. The number of aryl methyl sites for hydroxylation is 1. The second-order valence-electron chi connectivity index (χ2n) is 3.98. The van der Waals surface area contributed by atoms with E-state index in [-0.39, 0.29) is 5.97 Å². The Kier molecular flexibility index (Phi) is 3.47. The topological polar surface area (TPSA) is 35.5 Å². The van der Waals surface area contributed by atoms with Gasteiger partial charge in [0.05, 0.1) is 13.2 Å². The molecule has 0 radical (unpaired) electrons. The van der Waals surface area contributed by atoms with Crippen LogP contribution >= 0.6 is 0 Å². The molecule has 1 aliphatic rings. The van der Waals surface area contributed by atoms with Gasteiger partial charge in [0, 0.05) is 17.6 Å². The highest BCUT2D eigenvalue weighted by atomic mass is 16.5. The van der Waals surface area contributed by atoms with Crippen molar-refractivity contribution >= 4 is 12.0 Å². The number of hydrogen-bond acceptors (Lipinski definition) is 3. The first-order valence-corrected chi connectivity index (χ1v) is 5.82. The molecule has 0 saturated heterocycles. The van der Waals surface area contributed by atoms with Gasteiger partial charge in [0.2, 0.25) is 0 Å². The first kappa shape index (κ1) is 11.7. The van der Waals surface area contributed by atoms with Crippen LogP contribution in [0.5, 0.6) is 5.75 Å². The van der Waals surface area contributed by atoms with E-state index in [9.17, 15) is 4.79 Å². The second kappa shape index (κ2) is 5.04. The third-order valence-electron chi connectivity index (χ3n) is 2.73. The molecule has 0 amide bonds. The van der Waals surface area contributed by atoms with Crippen molar-refractivity contribution in [1.29, 1.82) is 0 Å². The summed E-state index contributed by atoms with van der Waals surface area (Å²) in [7, 11) is 0. The Labute approximate surface area is 101 Å². The quantitative estimate of drug-likeness (QED) is 0.735. The predicted octanol–water partition coefficient (Wildman–Crippen LogP) is 2.72. The average Bonchev–Trinajstić information content (AvgIpc) is 2.52. The van der Waals surface area contributed by atoms with E-state index in [1.54, 1.807) is 0 Å². The molecule has 0 bridgehead atoms. The lowest BCUT2D eigenvalue weighted by atomic mass is 10.1. The number of benzene rings is 1. The fraction of sp³-hybridized carbons (Fsp3) is 0.357. The zero-order valence-corrected chi connectivity index (χ0v) is 10.2. The van der Waals surface area contributed by atoms with Crippen LogP contribution < -0.4 is 4.74 Å². The van der Waals surface area contributed by atoms with Crippen LogP contribution in [-0.2, 0) is 9.53 Å². The minimum absolute atomic E-state index is 0.245. The summed E-state index contributed by atoms with van der Waals surface area (Å²) in [6, 6.07) is 5.91. The Morgan fingerprint density at radius 2 is 2.29 bits per heavy atom. The number of rotatable bonds is 2. The normalized spacial score (nSPS) is 14.1. The highest BCUT2D eigenvalue weighted by Crippen LogP contribution is 2.29. The minimum Gasteiger partial charge on any atom is -0.492 e. The summed E-state index contributed by atoms with van der Waals surface area (Å²) in [5.41, 5.74) is 2.71. The average molecular weight is 232 g/mol. The summed E-state index contributed by atoms with van der Waals surface area (Å²) in [4.78, 5) is 11.7. The third kappa shape index (κ3) is 2.49. The molecule has 0 saturated carbocycles. The first-order valence-electron chi connectivity index (χ1n) is 5.82. The maximum absolute atomic E-state index is 11.7. The lowest BCUT2D eigenvalue weighted by molar-refractivity contribution is -0.138. The van der Waals surface area contributed by atoms with Crippen molar-refractivity contribution in [1.82, 2.24) is 0 Å². The molecule has 2 rings (SSSR count). The Balaban J connectivity index is 2.35. The SMILES string of the molecule is CCOC(=O)C1=Cc2cccc(C)c2OCC1. The fourth-order valence-corrected chi connectivity index (χ4v) is 1.89. The summed E-state index contributed by atoms with van der Waals surface area (Å²) in [6.45, 7) is 4.73. The van der Waals surface area contributed by atoms with E-state index in [0.29, 0.717) is 25.2 Å². The van der Waals surface area contributed by atoms with E-state index in [2.05, 4.69) is 0 Å². The molecule has 90 valence electrons. The molecule has 17 heavy (non-hydrogen) atoms. The van der Waals surface area contributed by atoms with Gasteiger partial charge in [-0.1, -0.05) is 18.2 Å². The lowest BCUT2D eigenvalue weighted by Gasteiger charge is -2.08. The van der Waals surface area contributed by atoms with Crippen molar-refractivity contribution in [3.05, 3.63) is 34.9 Å². The molecule has 0 N–H and O–H groups in total. The van der Waals surface area contributed by atoms with E-state index in [0.717, 1.165) is 16.9 Å². The van der Waals surface area contributed by atoms with Gasteiger partial charge < -0.3 is 9.47 Å². The molecule has 0 aromatic heterocycles. The molecule has 0 fully saturated rings. The maximum atomic E-state index is 11.7. The molecular weight excluding hydrogens is 216 g/mol. The summed E-state index contributed by atoms with van der Waals surface area (Å²) >= 11 is 0. The molecule has 1 heterocycles. The van der Waals surface area contributed by atoms with Crippen molar-refractivity contribution in [2.24, 2.45) is 0 Å². The second-order valence-corrected chi connectivity index (χ2v) is 3.98. The van der Waals surface area contributed by atoms with Gasteiger partial charge in [-0.25, -0.2) is 4.79 Å². The van der Waals surface area contributed by atoms with Crippen LogP contribution in [0.2, 0.25) is 0 Å². The Morgan fingerprint density at radius 3 is 3.06 bits per heavy atom. The number of hydrogen-bond donors (Lipinski definition) is 0. The van der Waals surface area contributed by atoms with E-state index in [1.165, 1.54) is 0 Å². The molecule has 1 aliphatic heterocycles. The van der Waals surface area contributed by atoms with Gasteiger partial charge in [0.1, 0.15) is 5.75 Å². The number of ether oxygens (including phenoxy) is 2. The summed E-state index contributed by atoms with van der Waals surface area (Å²) < 4.78 is 10.7. The van der Waals surface area contributed by atoms with Gasteiger partial charge in [-0.05, 0) is 25.5 Å². The predicted molar refractivity (Wildman–Crippen MR) is 65.9 cm³/mol. The fourth-order valence-electron chi connectivity index (χ4n) is 1.89. The van der Waals surface area contributed by atoms with Gasteiger partial charge in [0.15, 0.2) is 0 Å². The van der Waals surface area contributed by atoms with Crippen LogP contribution in [-0.4, -0.2) is 19.2 Å². The van der Waals surface area contributed by atoms with Crippen LogP contribution in [0.15, 0.2) is 23.8 Å². The summed E-state index contributed by atoms with van der Waals surface area (Å²) in [6.07, 6.45) is 2.46.